The van der Waals surface area contributed by atoms with E-state index in [0.717, 1.165) is 61.7 Å². The first-order valence-electron chi connectivity index (χ1n) is 8.60. The van der Waals surface area contributed by atoms with Gasteiger partial charge in [0.05, 0.1) is 6.07 Å². The molecule has 0 bridgehead atoms. The van der Waals surface area contributed by atoms with Gasteiger partial charge in [0.1, 0.15) is 0 Å². The van der Waals surface area contributed by atoms with Crippen LogP contribution in [0.25, 0.3) is 0 Å². The molecular weight excluding hydrogens is 352 g/mol. The monoisotopic (exact) mass is 372 g/mol. The van der Waals surface area contributed by atoms with Crippen LogP contribution in [0.2, 0.25) is 0 Å². The lowest BCUT2D eigenvalue weighted by atomic mass is 9.48. The SMILES string of the molecule is N#CC1CC2(C1)CC(C(=O)N1CCCCc3c(Br)cccc31)C2. The average Bonchev–Trinajstić information content (AvgIpc) is 2.68. The molecule has 1 aromatic carbocycles. The van der Waals surface area contributed by atoms with Crippen LogP contribution in [-0.4, -0.2) is 12.5 Å². The quantitative estimate of drug-likeness (QED) is 0.730. The third kappa shape index (κ3) is 2.50. The maximum atomic E-state index is 13.0. The number of nitrogens with zero attached hydrogens (tertiary/aromatic N) is 2. The maximum absolute atomic E-state index is 13.0. The minimum atomic E-state index is 0.166. The Morgan fingerprint density at radius 2 is 2.04 bits per heavy atom. The van der Waals surface area contributed by atoms with Crippen LogP contribution in [0.15, 0.2) is 22.7 Å². The van der Waals surface area contributed by atoms with Crippen molar-refractivity contribution < 1.29 is 4.79 Å². The number of anilines is 1. The summed E-state index contributed by atoms with van der Waals surface area (Å²) in [4.78, 5) is 15.1. The Labute approximate surface area is 145 Å². The van der Waals surface area contributed by atoms with E-state index in [4.69, 9.17) is 5.26 Å². The zero-order valence-corrected chi connectivity index (χ0v) is 14.8. The van der Waals surface area contributed by atoms with Gasteiger partial charge in [0.2, 0.25) is 5.91 Å². The van der Waals surface area contributed by atoms with Gasteiger partial charge >= 0.3 is 0 Å². The predicted octanol–water partition coefficient (Wildman–Crippen LogP) is 4.45. The fraction of sp³-hybridized carbons (Fsp3) is 0.579. The first-order valence-corrected chi connectivity index (χ1v) is 9.40. The van der Waals surface area contributed by atoms with Crippen molar-refractivity contribution >= 4 is 27.5 Å². The Bertz CT molecular complexity index is 679. The van der Waals surface area contributed by atoms with Crippen molar-refractivity contribution in [2.75, 3.05) is 11.4 Å². The Hall–Kier alpha value is -1.34. The highest BCUT2D eigenvalue weighted by Crippen LogP contribution is 2.61. The van der Waals surface area contributed by atoms with Crippen LogP contribution >= 0.6 is 15.9 Å². The summed E-state index contributed by atoms with van der Waals surface area (Å²) >= 11 is 3.65. The minimum Gasteiger partial charge on any atom is -0.312 e. The van der Waals surface area contributed by atoms with Crippen molar-refractivity contribution in [3.05, 3.63) is 28.2 Å². The lowest BCUT2D eigenvalue weighted by Crippen LogP contribution is -2.52. The first kappa shape index (κ1) is 15.2. The number of amides is 1. The molecule has 1 amide bonds. The largest absolute Gasteiger partial charge is 0.312 e. The number of hydrogen-bond acceptors (Lipinski definition) is 2. The summed E-state index contributed by atoms with van der Waals surface area (Å²) in [6.45, 7) is 0.840. The standard InChI is InChI=1S/C19H21BrN2O/c20-16-5-3-6-17-15(16)4-1-2-7-22(17)18(23)14-10-19(11-14)8-13(9-19)12-21/h3,5-6,13-14H,1-2,4,7-11H2. The molecule has 2 fully saturated rings. The number of rotatable bonds is 1. The summed E-state index contributed by atoms with van der Waals surface area (Å²) in [6.07, 6.45) is 7.25. The van der Waals surface area contributed by atoms with Crippen LogP contribution in [0.1, 0.15) is 44.1 Å². The maximum Gasteiger partial charge on any atom is 0.230 e. The van der Waals surface area contributed by atoms with Gasteiger partial charge in [-0.1, -0.05) is 22.0 Å². The molecule has 0 atom stereocenters. The molecule has 2 saturated carbocycles. The van der Waals surface area contributed by atoms with Crippen molar-refractivity contribution in [1.82, 2.24) is 0 Å². The molecule has 0 saturated heterocycles. The molecule has 1 aliphatic heterocycles. The molecule has 1 spiro atoms. The molecule has 120 valence electrons. The van der Waals surface area contributed by atoms with Gasteiger partial charge in [-0.15, -0.1) is 0 Å². The zero-order chi connectivity index (χ0) is 16.0. The number of fused-ring (bicyclic) bond motifs is 1. The molecule has 1 heterocycles. The molecule has 4 rings (SSSR count). The first-order chi connectivity index (χ1) is 11.1. The van der Waals surface area contributed by atoms with Gasteiger partial charge in [-0.3, -0.25) is 4.79 Å². The van der Waals surface area contributed by atoms with E-state index in [2.05, 4.69) is 34.1 Å². The second-order valence-electron chi connectivity index (χ2n) is 7.52. The minimum absolute atomic E-state index is 0.166. The Balaban J connectivity index is 1.50. The summed E-state index contributed by atoms with van der Waals surface area (Å²) in [7, 11) is 0. The van der Waals surface area contributed by atoms with Crippen molar-refractivity contribution in [1.29, 1.82) is 5.26 Å². The number of benzene rings is 1. The molecular formula is C19H21BrN2O. The van der Waals surface area contributed by atoms with Gasteiger partial charge in [0.15, 0.2) is 0 Å². The number of carbonyl (C=O) groups is 1. The normalized spacial score (nSPS) is 32.3. The fourth-order valence-electron chi connectivity index (χ4n) is 4.76. The lowest BCUT2D eigenvalue weighted by Gasteiger charge is -2.56. The van der Waals surface area contributed by atoms with E-state index in [9.17, 15) is 4.79 Å². The number of halogens is 1. The summed E-state index contributed by atoms with van der Waals surface area (Å²) in [5.41, 5.74) is 2.71. The molecule has 2 aliphatic carbocycles. The van der Waals surface area contributed by atoms with Gasteiger partial charge in [-0.05, 0) is 68.1 Å². The third-order valence-electron chi connectivity index (χ3n) is 5.96. The third-order valence-corrected chi connectivity index (χ3v) is 6.70. The Morgan fingerprint density at radius 3 is 2.78 bits per heavy atom. The van der Waals surface area contributed by atoms with Crippen LogP contribution in [0.4, 0.5) is 5.69 Å². The molecule has 0 N–H and O–H groups in total. The molecule has 0 aromatic heterocycles. The van der Waals surface area contributed by atoms with Crippen molar-refractivity contribution in [3.8, 4) is 6.07 Å². The van der Waals surface area contributed by atoms with Gasteiger partial charge < -0.3 is 4.90 Å². The molecule has 1 aromatic rings. The van der Waals surface area contributed by atoms with E-state index in [1.807, 2.05) is 11.0 Å². The lowest BCUT2D eigenvalue weighted by molar-refractivity contribution is -0.136. The van der Waals surface area contributed by atoms with E-state index in [1.165, 1.54) is 5.56 Å². The van der Waals surface area contributed by atoms with E-state index in [0.29, 0.717) is 11.3 Å². The highest BCUT2D eigenvalue weighted by Gasteiger charge is 2.55. The van der Waals surface area contributed by atoms with Crippen LogP contribution in [0.5, 0.6) is 0 Å². The second-order valence-corrected chi connectivity index (χ2v) is 8.38. The summed E-state index contributed by atoms with van der Waals surface area (Å²) in [5.74, 6) is 0.706. The molecule has 3 aliphatic rings. The molecule has 23 heavy (non-hydrogen) atoms. The molecule has 0 unspecified atom stereocenters. The van der Waals surface area contributed by atoms with Crippen LogP contribution in [0.3, 0.4) is 0 Å². The van der Waals surface area contributed by atoms with Crippen molar-refractivity contribution in [3.63, 3.8) is 0 Å². The molecule has 3 nitrogen and oxygen atoms in total. The Morgan fingerprint density at radius 1 is 1.26 bits per heavy atom. The Kier molecular flexibility index (Phi) is 3.72. The van der Waals surface area contributed by atoms with Crippen molar-refractivity contribution in [2.45, 2.75) is 44.9 Å². The number of nitriles is 1. The predicted molar refractivity (Wildman–Crippen MR) is 92.9 cm³/mol. The van der Waals surface area contributed by atoms with Crippen LogP contribution in [-0.2, 0) is 11.2 Å². The highest BCUT2D eigenvalue weighted by molar-refractivity contribution is 9.10. The van der Waals surface area contributed by atoms with Crippen LogP contribution in [0, 0.1) is 28.6 Å². The molecule has 4 heteroatoms. The summed E-state index contributed by atoms with van der Waals surface area (Å²) < 4.78 is 1.12. The summed E-state index contributed by atoms with van der Waals surface area (Å²) in [5, 5.41) is 8.95. The second kappa shape index (κ2) is 5.63. The van der Waals surface area contributed by atoms with Gasteiger partial charge in [0.25, 0.3) is 0 Å². The smallest absolute Gasteiger partial charge is 0.230 e. The van der Waals surface area contributed by atoms with Crippen LogP contribution < -0.4 is 4.90 Å². The fourth-order valence-corrected chi connectivity index (χ4v) is 5.31. The number of carbonyl (C=O) groups excluding carboxylic acids is 1. The number of hydrogen-bond donors (Lipinski definition) is 0. The van der Waals surface area contributed by atoms with E-state index >= 15 is 0 Å². The van der Waals surface area contributed by atoms with Gasteiger partial charge in [-0.25, -0.2) is 0 Å². The summed E-state index contributed by atoms with van der Waals surface area (Å²) in [6, 6.07) is 8.55. The zero-order valence-electron chi connectivity index (χ0n) is 13.2. The van der Waals surface area contributed by atoms with Crippen molar-refractivity contribution in [2.24, 2.45) is 17.3 Å². The van der Waals surface area contributed by atoms with E-state index < -0.39 is 0 Å². The average molecular weight is 373 g/mol. The van der Waals surface area contributed by atoms with Gasteiger partial charge in [-0.2, -0.15) is 5.26 Å². The molecule has 0 radical (unpaired) electrons. The highest BCUT2D eigenvalue weighted by atomic mass is 79.9. The topological polar surface area (TPSA) is 44.1 Å². The van der Waals surface area contributed by atoms with E-state index in [-0.39, 0.29) is 11.8 Å². The van der Waals surface area contributed by atoms with Gasteiger partial charge in [0, 0.05) is 28.5 Å². The van der Waals surface area contributed by atoms with E-state index in [1.54, 1.807) is 0 Å².